The average Bonchev–Trinajstić information content (AvgIpc) is 2.99. The van der Waals surface area contributed by atoms with Gasteiger partial charge in [-0.1, -0.05) is 23.2 Å². The second-order valence-electron chi connectivity index (χ2n) is 7.45. The molecule has 10 heteroatoms. The number of sulfonamides is 1. The molecule has 0 unspecified atom stereocenters. The van der Waals surface area contributed by atoms with Crippen LogP contribution in [-0.4, -0.2) is 44.9 Å². The largest absolute Gasteiger partial charge is 0.490 e. The number of fused-ring (bicyclic) bond motifs is 1. The highest BCUT2D eigenvalue weighted by atomic mass is 35.5. The number of halogens is 2. The van der Waals surface area contributed by atoms with Gasteiger partial charge in [0.25, 0.3) is 0 Å². The molecule has 0 bridgehead atoms. The van der Waals surface area contributed by atoms with Gasteiger partial charge in [-0.15, -0.1) is 0 Å². The lowest BCUT2D eigenvalue weighted by Gasteiger charge is -2.30. The van der Waals surface area contributed by atoms with Gasteiger partial charge in [0.15, 0.2) is 11.5 Å². The highest BCUT2D eigenvalue weighted by molar-refractivity contribution is 7.89. The number of ether oxygens (including phenoxy) is 2. The first-order valence-corrected chi connectivity index (χ1v) is 12.2. The van der Waals surface area contributed by atoms with Gasteiger partial charge in [-0.05, 0) is 37.1 Å². The Labute approximate surface area is 191 Å². The Morgan fingerprint density at radius 1 is 1.00 bits per heavy atom. The van der Waals surface area contributed by atoms with Gasteiger partial charge in [0.2, 0.25) is 15.9 Å². The summed E-state index contributed by atoms with van der Waals surface area (Å²) in [4.78, 5) is 13.0. The van der Waals surface area contributed by atoms with Gasteiger partial charge in [0, 0.05) is 42.6 Å². The first-order chi connectivity index (χ1) is 14.8. The lowest BCUT2D eigenvalue weighted by molar-refractivity contribution is -0.120. The zero-order valence-electron chi connectivity index (χ0n) is 16.6. The number of hydrogen-bond donors (Lipinski definition) is 1. The number of anilines is 1. The molecule has 0 aliphatic carbocycles. The van der Waals surface area contributed by atoms with E-state index >= 15 is 0 Å². The SMILES string of the molecule is O=C(Nc1cc2c(cc1Cl)OCCCO2)C1CCN(S(=O)(=O)c2ccc(Cl)cc2)CC1. The van der Waals surface area contributed by atoms with E-state index in [0.717, 1.165) is 6.42 Å². The number of piperidine rings is 1. The summed E-state index contributed by atoms with van der Waals surface area (Å²) in [6, 6.07) is 9.38. The second-order valence-corrected chi connectivity index (χ2v) is 10.2. The Kier molecular flexibility index (Phi) is 6.62. The summed E-state index contributed by atoms with van der Waals surface area (Å²) in [6.07, 6.45) is 1.60. The molecule has 31 heavy (non-hydrogen) atoms. The molecule has 0 spiro atoms. The standard InChI is InChI=1S/C21H22Cl2N2O5S/c22-15-2-4-16(5-3-15)31(27,28)25-8-6-14(7-9-25)21(26)24-18-13-20-19(12-17(18)23)29-10-1-11-30-20/h2-5,12-14H,1,6-11H2,(H,24,26). The molecule has 1 saturated heterocycles. The molecular formula is C21H22Cl2N2O5S. The van der Waals surface area contributed by atoms with Crippen LogP contribution in [0.4, 0.5) is 5.69 Å². The second kappa shape index (κ2) is 9.24. The minimum atomic E-state index is -3.62. The van der Waals surface area contributed by atoms with Crippen molar-refractivity contribution in [3.63, 3.8) is 0 Å². The van der Waals surface area contributed by atoms with Gasteiger partial charge < -0.3 is 14.8 Å². The maximum atomic E-state index is 12.8. The summed E-state index contributed by atoms with van der Waals surface area (Å²) in [6.45, 7) is 1.60. The normalized spacial score (nSPS) is 17.7. The minimum absolute atomic E-state index is 0.193. The molecule has 2 aromatic carbocycles. The fraction of sp³-hybridized carbons (Fsp3) is 0.381. The molecule has 4 rings (SSSR count). The summed E-state index contributed by atoms with van der Waals surface area (Å²) in [5.41, 5.74) is 0.451. The molecule has 1 amide bonds. The van der Waals surface area contributed by atoms with Crippen molar-refractivity contribution in [2.45, 2.75) is 24.2 Å². The van der Waals surface area contributed by atoms with Crippen molar-refractivity contribution in [1.82, 2.24) is 4.31 Å². The fourth-order valence-electron chi connectivity index (χ4n) is 3.63. The summed E-state index contributed by atoms with van der Waals surface area (Å²) in [5.74, 6) is 0.589. The molecule has 2 aliphatic rings. The number of nitrogens with one attached hydrogen (secondary N) is 1. The van der Waals surface area contributed by atoms with Crippen LogP contribution in [0.2, 0.25) is 10.0 Å². The molecule has 2 aliphatic heterocycles. The van der Waals surface area contributed by atoms with Gasteiger partial charge in [-0.25, -0.2) is 8.42 Å². The Morgan fingerprint density at radius 3 is 2.26 bits per heavy atom. The Bertz CT molecular complexity index is 1070. The van der Waals surface area contributed by atoms with E-state index in [0.29, 0.717) is 53.3 Å². The molecular weight excluding hydrogens is 463 g/mol. The third-order valence-corrected chi connectivity index (χ3v) is 7.85. The van der Waals surface area contributed by atoms with Crippen LogP contribution in [0.3, 0.4) is 0 Å². The maximum absolute atomic E-state index is 12.8. The molecule has 7 nitrogen and oxygen atoms in total. The van der Waals surface area contributed by atoms with E-state index in [1.54, 1.807) is 24.3 Å². The molecule has 1 fully saturated rings. The first-order valence-electron chi connectivity index (χ1n) is 10.0. The van der Waals surface area contributed by atoms with Crippen LogP contribution in [0.1, 0.15) is 19.3 Å². The fourth-order valence-corrected chi connectivity index (χ4v) is 5.43. The number of carbonyl (C=O) groups is 1. The van der Waals surface area contributed by atoms with Gasteiger partial charge in [-0.3, -0.25) is 4.79 Å². The number of benzene rings is 2. The molecule has 0 saturated carbocycles. The van der Waals surface area contributed by atoms with E-state index in [-0.39, 0.29) is 29.8 Å². The van der Waals surface area contributed by atoms with Crippen molar-refractivity contribution >= 4 is 44.8 Å². The van der Waals surface area contributed by atoms with E-state index in [1.807, 2.05) is 0 Å². The predicted molar refractivity (Wildman–Crippen MR) is 119 cm³/mol. The van der Waals surface area contributed by atoms with Crippen LogP contribution in [0, 0.1) is 5.92 Å². The highest BCUT2D eigenvalue weighted by Gasteiger charge is 2.32. The smallest absolute Gasteiger partial charge is 0.243 e. The van der Waals surface area contributed by atoms with Crippen molar-refractivity contribution in [2.75, 3.05) is 31.6 Å². The summed E-state index contributed by atoms with van der Waals surface area (Å²) >= 11 is 12.2. The molecule has 0 radical (unpaired) electrons. The Balaban J connectivity index is 1.40. The third-order valence-electron chi connectivity index (χ3n) is 5.37. The van der Waals surface area contributed by atoms with Gasteiger partial charge in [-0.2, -0.15) is 4.31 Å². The van der Waals surface area contributed by atoms with Gasteiger partial charge in [0.1, 0.15) is 0 Å². The summed E-state index contributed by atoms with van der Waals surface area (Å²) in [5, 5.41) is 3.69. The van der Waals surface area contributed by atoms with Crippen LogP contribution in [0.5, 0.6) is 11.5 Å². The monoisotopic (exact) mass is 484 g/mol. The molecule has 166 valence electrons. The molecule has 0 atom stereocenters. The number of carbonyl (C=O) groups excluding carboxylic acids is 1. The Morgan fingerprint density at radius 2 is 1.61 bits per heavy atom. The molecule has 1 N–H and O–H groups in total. The zero-order chi connectivity index (χ0) is 22.0. The third kappa shape index (κ3) is 4.92. The van der Waals surface area contributed by atoms with Gasteiger partial charge in [0.05, 0.1) is 28.8 Å². The lowest BCUT2D eigenvalue weighted by atomic mass is 9.97. The van der Waals surface area contributed by atoms with Crippen LogP contribution in [0.15, 0.2) is 41.3 Å². The highest BCUT2D eigenvalue weighted by Crippen LogP contribution is 2.38. The first kappa shape index (κ1) is 22.2. The summed E-state index contributed by atoms with van der Waals surface area (Å²) in [7, 11) is -3.62. The molecule has 2 aromatic rings. The van der Waals surface area contributed by atoms with Crippen molar-refractivity contribution in [2.24, 2.45) is 5.92 Å². The van der Waals surface area contributed by atoms with Crippen molar-refractivity contribution < 1.29 is 22.7 Å². The minimum Gasteiger partial charge on any atom is -0.490 e. The van der Waals surface area contributed by atoms with E-state index in [9.17, 15) is 13.2 Å². The van der Waals surface area contributed by atoms with E-state index in [1.165, 1.54) is 16.4 Å². The quantitative estimate of drug-likeness (QED) is 0.702. The number of amides is 1. The van der Waals surface area contributed by atoms with Crippen LogP contribution in [-0.2, 0) is 14.8 Å². The summed E-state index contributed by atoms with van der Waals surface area (Å²) < 4.78 is 38.3. The predicted octanol–water partition coefficient (Wildman–Crippen LogP) is 4.19. The maximum Gasteiger partial charge on any atom is 0.243 e. The van der Waals surface area contributed by atoms with Crippen molar-refractivity contribution in [3.8, 4) is 11.5 Å². The topological polar surface area (TPSA) is 84.9 Å². The number of nitrogens with zero attached hydrogens (tertiary/aromatic N) is 1. The Hall–Kier alpha value is -2.00. The van der Waals surface area contributed by atoms with Crippen molar-refractivity contribution in [1.29, 1.82) is 0 Å². The number of hydrogen-bond acceptors (Lipinski definition) is 5. The van der Waals surface area contributed by atoms with Crippen molar-refractivity contribution in [3.05, 3.63) is 46.4 Å². The zero-order valence-corrected chi connectivity index (χ0v) is 19.0. The molecule has 2 heterocycles. The van der Waals surface area contributed by atoms with E-state index < -0.39 is 10.0 Å². The van der Waals surface area contributed by atoms with Crippen LogP contribution < -0.4 is 14.8 Å². The molecule has 0 aromatic heterocycles. The van der Waals surface area contributed by atoms with Crippen LogP contribution >= 0.6 is 23.2 Å². The van der Waals surface area contributed by atoms with Gasteiger partial charge >= 0.3 is 0 Å². The lowest BCUT2D eigenvalue weighted by Crippen LogP contribution is -2.41. The van der Waals surface area contributed by atoms with E-state index in [2.05, 4.69) is 5.32 Å². The number of rotatable bonds is 4. The average molecular weight is 485 g/mol. The van der Waals surface area contributed by atoms with Crippen LogP contribution in [0.25, 0.3) is 0 Å². The van der Waals surface area contributed by atoms with E-state index in [4.69, 9.17) is 32.7 Å².